The number of nitrogens with two attached hydrogens (primary N) is 1. The van der Waals surface area contributed by atoms with Gasteiger partial charge in [-0.2, -0.15) is 0 Å². The Kier molecular flexibility index (Phi) is 5.68. The van der Waals surface area contributed by atoms with Gasteiger partial charge in [0.1, 0.15) is 0 Å². The molecule has 3 rings (SSSR count). The first-order chi connectivity index (χ1) is 13.5. The summed E-state index contributed by atoms with van der Waals surface area (Å²) in [5.74, 6) is -1.74. The van der Waals surface area contributed by atoms with Gasteiger partial charge >= 0.3 is 0 Å². The summed E-state index contributed by atoms with van der Waals surface area (Å²) in [6.07, 6.45) is 0. The quantitative estimate of drug-likeness (QED) is 0.670. The smallest absolute Gasteiger partial charge is 0.241 e. The number of aryl methyl sites for hydroxylation is 1. The van der Waals surface area contributed by atoms with Gasteiger partial charge in [-0.3, -0.25) is 9.59 Å². The lowest BCUT2D eigenvalue weighted by molar-refractivity contribution is -0.137. The van der Waals surface area contributed by atoms with Crippen molar-refractivity contribution < 1.29 is 9.59 Å². The van der Waals surface area contributed by atoms with Gasteiger partial charge in [0.05, 0.1) is 11.2 Å². The second-order valence-electron chi connectivity index (χ2n) is 6.62. The molecular formula is C22H24N4O2. The lowest BCUT2D eigenvalue weighted by Gasteiger charge is -2.24. The zero-order chi connectivity index (χ0) is 20.3. The Bertz CT molecular complexity index is 1010. The van der Waals surface area contributed by atoms with Crippen molar-refractivity contribution in [3.63, 3.8) is 0 Å². The van der Waals surface area contributed by atoms with Crippen molar-refractivity contribution in [2.24, 2.45) is 5.73 Å². The lowest BCUT2D eigenvalue weighted by Crippen LogP contribution is -2.40. The monoisotopic (exact) mass is 376 g/mol. The molecule has 0 spiro atoms. The third-order valence-corrected chi connectivity index (χ3v) is 4.87. The van der Waals surface area contributed by atoms with Gasteiger partial charge < -0.3 is 10.6 Å². The summed E-state index contributed by atoms with van der Waals surface area (Å²) in [4.78, 5) is 36.4. The first-order valence-electron chi connectivity index (χ1n) is 9.38. The molecule has 144 valence electrons. The van der Waals surface area contributed by atoms with E-state index in [1.165, 1.54) is 0 Å². The number of amides is 2. The summed E-state index contributed by atoms with van der Waals surface area (Å²) in [6, 6.07) is 15.1. The minimum Gasteiger partial charge on any atom is -0.369 e. The summed E-state index contributed by atoms with van der Waals surface area (Å²) >= 11 is 0. The van der Waals surface area contributed by atoms with E-state index >= 15 is 0 Å². The molecule has 2 N–H and O–H groups in total. The van der Waals surface area contributed by atoms with Crippen molar-refractivity contribution in [1.29, 1.82) is 0 Å². The van der Waals surface area contributed by atoms with Gasteiger partial charge in [-0.05, 0) is 26.3 Å². The Labute approximate surface area is 164 Å². The Hall–Kier alpha value is -3.28. The molecule has 1 heterocycles. The molecule has 0 aliphatic rings. The number of para-hydroxylation sites is 1. The predicted molar refractivity (Wildman–Crippen MR) is 110 cm³/mol. The number of carbonyl (C=O) groups is 2. The van der Waals surface area contributed by atoms with Crippen molar-refractivity contribution in [2.45, 2.75) is 26.7 Å². The SMILES string of the molecule is CCN(CC)C(=O)C(C(N)=O)c1nc(-c2ccccc2)nc2c(C)cccc12. The number of aromatic nitrogens is 2. The Morgan fingerprint density at radius 1 is 1.00 bits per heavy atom. The summed E-state index contributed by atoms with van der Waals surface area (Å²) in [6.45, 7) is 6.67. The molecule has 2 amide bonds. The van der Waals surface area contributed by atoms with Crippen LogP contribution in [0, 0.1) is 6.92 Å². The van der Waals surface area contributed by atoms with E-state index in [4.69, 9.17) is 10.7 Å². The molecule has 0 radical (unpaired) electrons. The Morgan fingerprint density at radius 2 is 1.68 bits per heavy atom. The van der Waals surface area contributed by atoms with E-state index < -0.39 is 11.8 Å². The zero-order valence-corrected chi connectivity index (χ0v) is 16.3. The molecule has 1 atom stereocenters. The van der Waals surface area contributed by atoms with Crippen LogP contribution in [0.3, 0.4) is 0 Å². The third-order valence-electron chi connectivity index (χ3n) is 4.87. The van der Waals surface area contributed by atoms with Crippen LogP contribution in [0.5, 0.6) is 0 Å². The average Bonchev–Trinajstić information content (AvgIpc) is 2.70. The second-order valence-corrected chi connectivity index (χ2v) is 6.62. The molecule has 0 fully saturated rings. The molecule has 1 aromatic heterocycles. The largest absolute Gasteiger partial charge is 0.369 e. The van der Waals surface area contributed by atoms with E-state index in [2.05, 4.69) is 4.98 Å². The molecule has 3 aromatic rings. The fourth-order valence-electron chi connectivity index (χ4n) is 3.35. The second kappa shape index (κ2) is 8.17. The number of fused-ring (bicyclic) bond motifs is 1. The molecule has 0 aliphatic carbocycles. The highest BCUT2D eigenvalue weighted by Gasteiger charge is 2.33. The standard InChI is InChI=1S/C22H24N4O2/c1-4-26(5-2)22(28)17(20(23)27)19-16-13-9-10-14(3)18(16)24-21(25-19)15-11-7-6-8-12-15/h6-13,17H,4-5H2,1-3H3,(H2,23,27). The summed E-state index contributed by atoms with van der Waals surface area (Å²) in [5.41, 5.74) is 8.51. The van der Waals surface area contributed by atoms with E-state index in [1.54, 1.807) is 4.90 Å². The van der Waals surface area contributed by atoms with Gasteiger partial charge in [-0.15, -0.1) is 0 Å². The van der Waals surface area contributed by atoms with Gasteiger partial charge in [-0.25, -0.2) is 9.97 Å². The molecule has 1 unspecified atom stereocenters. The molecule has 0 saturated heterocycles. The summed E-state index contributed by atoms with van der Waals surface area (Å²) in [7, 11) is 0. The molecule has 6 nitrogen and oxygen atoms in total. The number of nitrogens with zero attached hydrogens (tertiary/aromatic N) is 3. The average molecular weight is 376 g/mol. The minimum atomic E-state index is -1.16. The molecule has 0 saturated carbocycles. The normalized spacial score (nSPS) is 12.0. The van der Waals surface area contributed by atoms with Crippen molar-refractivity contribution in [3.8, 4) is 11.4 Å². The van der Waals surface area contributed by atoms with E-state index in [0.717, 1.165) is 11.1 Å². The van der Waals surface area contributed by atoms with Gasteiger partial charge in [0.2, 0.25) is 11.8 Å². The number of benzene rings is 2. The van der Waals surface area contributed by atoms with Crippen LogP contribution in [-0.2, 0) is 9.59 Å². The topological polar surface area (TPSA) is 89.2 Å². The first-order valence-corrected chi connectivity index (χ1v) is 9.38. The highest BCUT2D eigenvalue weighted by molar-refractivity contribution is 6.07. The van der Waals surface area contributed by atoms with Crippen LogP contribution >= 0.6 is 0 Å². The van der Waals surface area contributed by atoms with Crippen LogP contribution in [0.1, 0.15) is 31.0 Å². The number of carbonyl (C=O) groups excluding carboxylic acids is 2. The van der Waals surface area contributed by atoms with Crippen LogP contribution < -0.4 is 5.73 Å². The highest BCUT2D eigenvalue weighted by atomic mass is 16.2. The van der Waals surface area contributed by atoms with Crippen molar-refractivity contribution in [2.75, 3.05) is 13.1 Å². The first kappa shape index (κ1) is 19.5. The zero-order valence-electron chi connectivity index (χ0n) is 16.3. The van der Waals surface area contributed by atoms with E-state index in [-0.39, 0.29) is 5.91 Å². The number of hydrogen-bond donors (Lipinski definition) is 1. The van der Waals surface area contributed by atoms with E-state index in [1.807, 2.05) is 69.3 Å². The maximum absolute atomic E-state index is 13.1. The molecule has 6 heteroatoms. The van der Waals surface area contributed by atoms with Gasteiger partial charge in [0, 0.05) is 24.0 Å². The van der Waals surface area contributed by atoms with Gasteiger partial charge in [0.25, 0.3) is 0 Å². The fourth-order valence-corrected chi connectivity index (χ4v) is 3.35. The highest BCUT2D eigenvalue weighted by Crippen LogP contribution is 2.29. The number of likely N-dealkylation sites (N-methyl/N-ethyl adjacent to an activating group) is 1. The van der Waals surface area contributed by atoms with E-state index in [0.29, 0.717) is 35.5 Å². The molecule has 2 aromatic carbocycles. The Balaban J connectivity index is 2.29. The predicted octanol–water partition coefficient (Wildman–Crippen LogP) is 3.04. The summed E-state index contributed by atoms with van der Waals surface area (Å²) < 4.78 is 0. The molecule has 28 heavy (non-hydrogen) atoms. The molecule has 0 aliphatic heterocycles. The van der Waals surface area contributed by atoms with Crippen LogP contribution in [0.15, 0.2) is 48.5 Å². The minimum absolute atomic E-state index is 0.335. The van der Waals surface area contributed by atoms with E-state index in [9.17, 15) is 9.59 Å². The van der Waals surface area contributed by atoms with Crippen LogP contribution in [0.4, 0.5) is 0 Å². The maximum atomic E-state index is 13.1. The summed E-state index contributed by atoms with van der Waals surface area (Å²) in [5, 5.41) is 0.670. The maximum Gasteiger partial charge on any atom is 0.241 e. The van der Waals surface area contributed by atoms with Gasteiger partial charge in [-0.1, -0.05) is 48.5 Å². The van der Waals surface area contributed by atoms with Crippen molar-refractivity contribution >= 4 is 22.7 Å². The number of rotatable bonds is 6. The van der Waals surface area contributed by atoms with Crippen molar-refractivity contribution in [3.05, 3.63) is 59.8 Å². The Morgan fingerprint density at radius 3 is 2.29 bits per heavy atom. The third kappa shape index (κ3) is 3.58. The van der Waals surface area contributed by atoms with Crippen molar-refractivity contribution in [1.82, 2.24) is 14.9 Å². The number of hydrogen-bond acceptors (Lipinski definition) is 4. The van der Waals surface area contributed by atoms with Crippen LogP contribution in [0.25, 0.3) is 22.3 Å². The molecule has 0 bridgehead atoms. The lowest BCUT2D eigenvalue weighted by atomic mass is 9.96. The van der Waals surface area contributed by atoms with Crippen LogP contribution in [-0.4, -0.2) is 39.8 Å². The number of primary amides is 1. The fraction of sp³-hybridized carbons (Fsp3) is 0.273. The van der Waals surface area contributed by atoms with Crippen LogP contribution in [0.2, 0.25) is 0 Å². The molecular weight excluding hydrogens is 352 g/mol. The van der Waals surface area contributed by atoms with Gasteiger partial charge in [0.15, 0.2) is 11.7 Å².